The van der Waals surface area contributed by atoms with Crippen LogP contribution in [0.25, 0.3) is 0 Å². The number of primary amides is 1. The smallest absolute Gasteiger partial charge is 0.328 e. The summed E-state index contributed by atoms with van der Waals surface area (Å²) >= 11 is 0. The predicted molar refractivity (Wildman–Crippen MR) is 115 cm³/mol. The number of rotatable bonds is 16. The summed E-state index contributed by atoms with van der Waals surface area (Å²) in [6.07, 6.45) is 0.804. The Balaban J connectivity index is 5.48. The molecule has 0 spiro atoms. The Labute approximate surface area is 186 Å². The van der Waals surface area contributed by atoms with Gasteiger partial charge in [-0.15, -0.1) is 0 Å². The Morgan fingerprint density at radius 1 is 0.844 bits per heavy atom. The molecule has 0 rings (SSSR count). The quantitative estimate of drug-likeness (QED) is 0.109. The van der Waals surface area contributed by atoms with Crippen LogP contribution in [0, 0.1) is 5.92 Å². The number of aliphatic hydroxyl groups excluding tert-OH is 1. The van der Waals surface area contributed by atoms with Gasteiger partial charge in [0, 0.05) is 6.42 Å². The van der Waals surface area contributed by atoms with Gasteiger partial charge in [0.1, 0.15) is 18.1 Å². The van der Waals surface area contributed by atoms with Gasteiger partial charge in [-0.05, 0) is 38.1 Å². The lowest BCUT2D eigenvalue weighted by molar-refractivity contribution is -0.143. The van der Waals surface area contributed by atoms with E-state index in [2.05, 4.69) is 16.0 Å². The molecule has 0 aromatic rings. The van der Waals surface area contributed by atoms with Crippen LogP contribution in [0.5, 0.6) is 0 Å². The van der Waals surface area contributed by atoms with Crippen LogP contribution in [-0.2, 0) is 24.0 Å². The van der Waals surface area contributed by atoms with E-state index in [1.165, 1.54) is 0 Å². The fraction of sp³-hybridized carbons (Fsp3) is 0.737. The fourth-order valence-corrected chi connectivity index (χ4v) is 2.62. The molecule has 0 saturated heterocycles. The largest absolute Gasteiger partial charge is 0.480 e. The third-order valence-corrected chi connectivity index (χ3v) is 4.71. The number of hydrogen-bond acceptors (Lipinski definition) is 8. The molecule has 4 amide bonds. The lowest BCUT2D eigenvalue weighted by atomic mass is 10.0. The first kappa shape index (κ1) is 29.2. The average molecular weight is 461 g/mol. The summed E-state index contributed by atoms with van der Waals surface area (Å²) in [7, 11) is 0. The zero-order valence-electron chi connectivity index (χ0n) is 18.5. The van der Waals surface area contributed by atoms with Gasteiger partial charge in [-0.3, -0.25) is 19.2 Å². The summed E-state index contributed by atoms with van der Waals surface area (Å²) in [6, 6.07) is -4.80. The van der Waals surface area contributed by atoms with E-state index in [4.69, 9.17) is 27.4 Å². The SMILES string of the molecule is CC(C)C(N)C(=O)NC(CCC(N)=O)C(=O)NC(CCCCN)C(=O)NC(CO)C(=O)O. The molecule has 0 heterocycles. The van der Waals surface area contributed by atoms with Gasteiger partial charge in [0.2, 0.25) is 23.6 Å². The predicted octanol–water partition coefficient (Wildman–Crippen LogP) is -3.10. The molecule has 0 aliphatic heterocycles. The summed E-state index contributed by atoms with van der Waals surface area (Å²) in [5.41, 5.74) is 16.4. The third-order valence-electron chi connectivity index (χ3n) is 4.71. The van der Waals surface area contributed by atoms with Crippen molar-refractivity contribution in [2.75, 3.05) is 13.2 Å². The number of carbonyl (C=O) groups excluding carboxylic acids is 4. The molecule has 32 heavy (non-hydrogen) atoms. The van der Waals surface area contributed by atoms with Gasteiger partial charge < -0.3 is 43.4 Å². The molecule has 13 nitrogen and oxygen atoms in total. The maximum Gasteiger partial charge on any atom is 0.328 e. The lowest BCUT2D eigenvalue weighted by Crippen LogP contribution is -2.58. The number of nitrogens with two attached hydrogens (primary N) is 3. The van der Waals surface area contributed by atoms with Gasteiger partial charge in [-0.1, -0.05) is 13.8 Å². The van der Waals surface area contributed by atoms with E-state index >= 15 is 0 Å². The minimum Gasteiger partial charge on any atom is -0.480 e. The molecule has 0 aliphatic rings. The Kier molecular flexibility index (Phi) is 13.8. The maximum atomic E-state index is 12.8. The molecular weight excluding hydrogens is 424 g/mol. The zero-order valence-corrected chi connectivity index (χ0v) is 18.5. The van der Waals surface area contributed by atoms with E-state index in [9.17, 15) is 24.0 Å². The van der Waals surface area contributed by atoms with Crippen LogP contribution in [0.15, 0.2) is 0 Å². The Hall–Kier alpha value is -2.77. The lowest BCUT2D eigenvalue weighted by Gasteiger charge is -2.25. The number of unbranched alkanes of at least 4 members (excludes halogenated alkanes) is 1. The number of carboxylic acid groups (broad SMARTS) is 1. The zero-order chi connectivity index (χ0) is 24.8. The van der Waals surface area contributed by atoms with Crippen LogP contribution in [0.2, 0.25) is 0 Å². The molecule has 4 atom stereocenters. The minimum atomic E-state index is -1.55. The van der Waals surface area contributed by atoms with Gasteiger partial charge >= 0.3 is 5.97 Å². The van der Waals surface area contributed by atoms with Crippen molar-refractivity contribution in [1.82, 2.24) is 16.0 Å². The highest BCUT2D eigenvalue weighted by Crippen LogP contribution is 2.06. The van der Waals surface area contributed by atoms with E-state index in [-0.39, 0.29) is 25.2 Å². The summed E-state index contributed by atoms with van der Waals surface area (Å²) in [6.45, 7) is 2.96. The molecule has 4 unspecified atom stereocenters. The molecule has 0 aromatic heterocycles. The average Bonchev–Trinajstić information content (AvgIpc) is 2.72. The molecule has 0 radical (unpaired) electrons. The summed E-state index contributed by atoms with van der Waals surface area (Å²) in [5, 5.41) is 25.2. The number of amides is 4. The van der Waals surface area contributed by atoms with Crippen molar-refractivity contribution in [1.29, 1.82) is 0 Å². The molecule has 13 heteroatoms. The van der Waals surface area contributed by atoms with Gasteiger partial charge in [-0.25, -0.2) is 4.79 Å². The summed E-state index contributed by atoms with van der Waals surface area (Å²) in [4.78, 5) is 60.0. The second kappa shape index (κ2) is 15.1. The number of aliphatic carboxylic acids is 1. The Morgan fingerprint density at radius 3 is 1.78 bits per heavy atom. The van der Waals surface area contributed by atoms with Crippen molar-refractivity contribution >= 4 is 29.6 Å². The second-order valence-corrected chi connectivity index (χ2v) is 7.76. The van der Waals surface area contributed by atoms with Crippen molar-refractivity contribution < 1.29 is 34.2 Å². The van der Waals surface area contributed by atoms with Gasteiger partial charge in [-0.2, -0.15) is 0 Å². The minimum absolute atomic E-state index is 0.122. The molecule has 184 valence electrons. The van der Waals surface area contributed by atoms with E-state index in [0.29, 0.717) is 19.4 Å². The van der Waals surface area contributed by atoms with Crippen molar-refractivity contribution in [3.05, 3.63) is 0 Å². The monoisotopic (exact) mass is 460 g/mol. The Bertz CT molecular complexity index is 658. The molecule has 0 aromatic carbocycles. The highest BCUT2D eigenvalue weighted by molar-refractivity contribution is 5.94. The normalized spacial score (nSPS) is 14.7. The molecule has 0 bridgehead atoms. The summed E-state index contributed by atoms with van der Waals surface area (Å²) in [5.74, 6) is -4.54. The topological polar surface area (TPSA) is 240 Å². The highest BCUT2D eigenvalue weighted by Gasteiger charge is 2.30. The van der Waals surface area contributed by atoms with E-state index in [1.54, 1.807) is 13.8 Å². The van der Waals surface area contributed by atoms with Crippen molar-refractivity contribution in [3.63, 3.8) is 0 Å². The number of hydrogen-bond donors (Lipinski definition) is 8. The first-order chi connectivity index (χ1) is 14.9. The van der Waals surface area contributed by atoms with Crippen LogP contribution in [0.4, 0.5) is 0 Å². The number of carboxylic acids is 1. The number of nitrogens with one attached hydrogen (secondary N) is 3. The van der Waals surface area contributed by atoms with Crippen molar-refractivity contribution in [2.24, 2.45) is 23.1 Å². The molecule has 0 fully saturated rings. The van der Waals surface area contributed by atoms with Crippen LogP contribution in [0.1, 0.15) is 46.0 Å². The van der Waals surface area contributed by atoms with E-state index < -0.39 is 60.4 Å². The number of aliphatic hydroxyl groups is 1. The first-order valence-corrected chi connectivity index (χ1v) is 10.4. The molecular formula is C19H36N6O7. The fourth-order valence-electron chi connectivity index (χ4n) is 2.62. The van der Waals surface area contributed by atoms with Crippen LogP contribution < -0.4 is 33.2 Å². The highest BCUT2D eigenvalue weighted by atomic mass is 16.4. The van der Waals surface area contributed by atoms with Gasteiger partial charge in [0.05, 0.1) is 12.6 Å². The van der Waals surface area contributed by atoms with Crippen LogP contribution >= 0.6 is 0 Å². The van der Waals surface area contributed by atoms with Crippen LogP contribution in [-0.4, -0.2) is 77.1 Å². The van der Waals surface area contributed by atoms with Crippen molar-refractivity contribution in [2.45, 2.75) is 70.1 Å². The third kappa shape index (κ3) is 11.0. The van der Waals surface area contributed by atoms with Crippen molar-refractivity contribution in [3.8, 4) is 0 Å². The maximum absolute atomic E-state index is 12.8. The van der Waals surface area contributed by atoms with Crippen LogP contribution in [0.3, 0.4) is 0 Å². The first-order valence-electron chi connectivity index (χ1n) is 10.4. The van der Waals surface area contributed by atoms with Gasteiger partial charge in [0.25, 0.3) is 0 Å². The molecule has 0 aliphatic carbocycles. The van der Waals surface area contributed by atoms with Gasteiger partial charge in [0.15, 0.2) is 0 Å². The number of carbonyl (C=O) groups is 5. The summed E-state index contributed by atoms with van der Waals surface area (Å²) < 4.78 is 0. The van der Waals surface area contributed by atoms with E-state index in [1.807, 2.05) is 0 Å². The second-order valence-electron chi connectivity index (χ2n) is 7.76. The molecule has 0 saturated carbocycles. The molecule has 11 N–H and O–H groups in total. The Morgan fingerprint density at radius 2 is 1.34 bits per heavy atom. The van der Waals surface area contributed by atoms with E-state index in [0.717, 1.165) is 0 Å². The standard InChI is InChI=1S/C19H36N6O7/c1-10(2)15(22)18(30)24-12(6-7-14(21)27)17(29)23-11(5-3-4-8-20)16(28)25-13(9-26)19(31)32/h10-13,15,26H,3-9,20,22H2,1-2H3,(H2,21,27)(H,23,29)(H,24,30)(H,25,28)(H,31,32).